The maximum Gasteiger partial charge on any atom is 0.208 e. The summed E-state index contributed by atoms with van der Waals surface area (Å²) in [5.74, 6) is 4.02. The first kappa shape index (κ1) is 24.2. The van der Waals surface area contributed by atoms with E-state index < -0.39 is 10.0 Å². The van der Waals surface area contributed by atoms with Crippen molar-refractivity contribution >= 4 is 10.0 Å². The maximum atomic E-state index is 12.3. The van der Waals surface area contributed by atoms with Gasteiger partial charge in [0.05, 0.1) is 19.0 Å². The van der Waals surface area contributed by atoms with E-state index in [-0.39, 0.29) is 17.2 Å². The lowest BCUT2D eigenvalue weighted by Gasteiger charge is -2.63. The smallest absolute Gasteiger partial charge is 0.208 e. The van der Waals surface area contributed by atoms with E-state index in [2.05, 4.69) is 32.4 Å². The van der Waals surface area contributed by atoms with E-state index in [1.54, 1.807) is 0 Å². The van der Waals surface area contributed by atoms with E-state index >= 15 is 0 Å². The molecule has 2 heterocycles. The number of fused-ring (bicyclic) bond motifs is 7. The van der Waals surface area contributed by atoms with Gasteiger partial charge >= 0.3 is 0 Å². The van der Waals surface area contributed by atoms with Gasteiger partial charge in [0.1, 0.15) is 0 Å². The second-order valence-corrected chi connectivity index (χ2v) is 15.7. The van der Waals surface area contributed by atoms with Crippen LogP contribution in [-0.2, 0) is 19.5 Å². The molecule has 0 aromatic carbocycles. The van der Waals surface area contributed by atoms with Crippen LogP contribution in [0.5, 0.6) is 0 Å². The highest BCUT2D eigenvalue weighted by atomic mass is 32.2. The molecule has 2 aliphatic heterocycles. The predicted molar refractivity (Wildman–Crippen MR) is 133 cm³/mol. The summed E-state index contributed by atoms with van der Waals surface area (Å²) < 4.78 is 41.1. The van der Waals surface area contributed by atoms with Crippen LogP contribution in [0.15, 0.2) is 0 Å². The number of nitrogens with one attached hydrogen (secondary N) is 1. The van der Waals surface area contributed by atoms with Crippen molar-refractivity contribution in [2.45, 2.75) is 110 Å². The molecule has 0 radical (unpaired) electrons. The predicted octanol–water partition coefficient (Wildman–Crippen LogP) is 5.35. The van der Waals surface area contributed by atoms with E-state index in [9.17, 15) is 8.42 Å². The normalized spacial score (nSPS) is 57.0. The molecule has 1 spiro atoms. The molecule has 6 heteroatoms. The van der Waals surface area contributed by atoms with Gasteiger partial charge in [0, 0.05) is 18.4 Å². The molecule has 194 valence electrons. The fourth-order valence-corrected chi connectivity index (χ4v) is 11.7. The summed E-state index contributed by atoms with van der Waals surface area (Å²) in [6, 6.07) is 0.0929. The average molecular weight is 494 g/mol. The van der Waals surface area contributed by atoms with Crippen molar-refractivity contribution in [3.05, 3.63) is 0 Å². The van der Waals surface area contributed by atoms with Gasteiger partial charge in [-0.15, -0.1) is 0 Å². The van der Waals surface area contributed by atoms with Crippen molar-refractivity contribution in [1.82, 2.24) is 4.72 Å². The third-order valence-electron chi connectivity index (χ3n) is 12.4. The van der Waals surface area contributed by atoms with E-state index in [1.807, 2.05) is 0 Å². The molecule has 4 saturated carbocycles. The van der Waals surface area contributed by atoms with Crippen LogP contribution in [0, 0.1) is 52.3 Å². The maximum absolute atomic E-state index is 12.3. The van der Waals surface area contributed by atoms with Crippen molar-refractivity contribution in [2.24, 2.45) is 52.3 Å². The van der Waals surface area contributed by atoms with Crippen LogP contribution >= 0.6 is 0 Å². The van der Waals surface area contributed by atoms with E-state index in [0.29, 0.717) is 52.9 Å². The third-order valence-corrected chi connectivity index (χ3v) is 13.1. The molecule has 6 rings (SSSR count). The zero-order chi connectivity index (χ0) is 24.1. The summed E-state index contributed by atoms with van der Waals surface area (Å²) in [7, 11) is -3.20. The summed E-state index contributed by atoms with van der Waals surface area (Å²) >= 11 is 0. The Hall–Kier alpha value is -0.170. The largest absolute Gasteiger partial charge is 0.349 e. The molecular formula is C28H47NO4S. The second kappa shape index (κ2) is 7.91. The van der Waals surface area contributed by atoms with Crippen molar-refractivity contribution in [2.75, 3.05) is 12.9 Å². The zero-order valence-corrected chi connectivity index (χ0v) is 22.8. The number of rotatable bonds is 2. The van der Waals surface area contributed by atoms with Crippen LogP contribution in [0.25, 0.3) is 0 Å². The zero-order valence-electron chi connectivity index (χ0n) is 22.0. The van der Waals surface area contributed by atoms with Crippen molar-refractivity contribution in [3.8, 4) is 0 Å². The number of hydrogen-bond acceptors (Lipinski definition) is 4. The Labute approximate surface area is 207 Å². The van der Waals surface area contributed by atoms with Crippen molar-refractivity contribution < 1.29 is 17.9 Å². The molecule has 2 saturated heterocycles. The van der Waals surface area contributed by atoms with Crippen LogP contribution in [0.4, 0.5) is 0 Å². The average Bonchev–Trinajstić information content (AvgIpc) is 3.20. The number of hydrogen-bond donors (Lipinski definition) is 1. The van der Waals surface area contributed by atoms with Crippen LogP contribution in [0.2, 0.25) is 0 Å². The second-order valence-electron chi connectivity index (χ2n) is 13.9. The van der Waals surface area contributed by atoms with Crippen molar-refractivity contribution in [3.63, 3.8) is 0 Å². The first-order valence-electron chi connectivity index (χ1n) is 14.3. The molecule has 0 amide bonds. The summed E-state index contributed by atoms with van der Waals surface area (Å²) in [4.78, 5) is 0. The molecule has 4 aliphatic carbocycles. The van der Waals surface area contributed by atoms with Gasteiger partial charge in [-0.2, -0.15) is 0 Å². The van der Waals surface area contributed by atoms with Crippen LogP contribution in [-0.4, -0.2) is 39.2 Å². The minimum Gasteiger partial charge on any atom is -0.349 e. The number of sulfonamides is 1. The Morgan fingerprint density at radius 2 is 1.74 bits per heavy atom. The van der Waals surface area contributed by atoms with E-state index in [1.165, 1.54) is 51.2 Å². The molecule has 1 N–H and O–H groups in total. The summed E-state index contributed by atoms with van der Waals surface area (Å²) in [6.07, 6.45) is 13.6. The molecular weight excluding hydrogens is 446 g/mol. The molecule has 5 nitrogen and oxygen atoms in total. The van der Waals surface area contributed by atoms with Gasteiger partial charge < -0.3 is 9.47 Å². The fraction of sp³-hybridized carbons (Fsp3) is 1.00. The minimum atomic E-state index is -3.20. The first-order valence-corrected chi connectivity index (χ1v) is 16.2. The Bertz CT molecular complexity index is 913. The molecule has 0 bridgehead atoms. The molecule has 0 aromatic heterocycles. The lowest BCUT2D eigenvalue weighted by molar-refractivity contribution is -0.273. The van der Waals surface area contributed by atoms with Crippen LogP contribution in [0.1, 0.15) is 91.9 Å². The summed E-state index contributed by atoms with van der Waals surface area (Å²) in [5, 5.41) is 0. The van der Waals surface area contributed by atoms with E-state index in [0.717, 1.165) is 25.9 Å². The lowest BCUT2D eigenvalue weighted by atomic mass is 9.43. The van der Waals surface area contributed by atoms with Gasteiger partial charge in [-0.05, 0) is 97.7 Å². The standard InChI is InChI=1S/C28H47NO4S/c1-17-11-14-28(32-16-17)18(2)25-23(33-28)15-22-20-10-9-19-7-6-8-24(29-34(5,30)31)27(19,4)21(20)12-13-26(22,25)3/h17-25,29H,6-16H2,1-5H3/t17-,18+,19+,20-,21+,22+,23+,24?,25+,26+,27+,28-/m1/s1. The van der Waals surface area contributed by atoms with Gasteiger partial charge in [-0.1, -0.05) is 34.1 Å². The monoisotopic (exact) mass is 493 g/mol. The Morgan fingerprint density at radius 1 is 0.941 bits per heavy atom. The first-order chi connectivity index (χ1) is 16.0. The molecule has 0 aromatic rings. The summed E-state index contributed by atoms with van der Waals surface area (Å²) in [6.45, 7) is 10.6. The Kier molecular flexibility index (Phi) is 5.63. The molecule has 1 unspecified atom stereocenters. The molecule has 34 heavy (non-hydrogen) atoms. The highest BCUT2D eigenvalue weighted by Gasteiger charge is 2.69. The Morgan fingerprint density at radius 3 is 2.44 bits per heavy atom. The van der Waals surface area contributed by atoms with Gasteiger partial charge in [0.25, 0.3) is 0 Å². The number of ether oxygens (including phenoxy) is 2. The highest BCUT2D eigenvalue weighted by Crippen LogP contribution is 2.71. The van der Waals surface area contributed by atoms with Crippen molar-refractivity contribution in [1.29, 1.82) is 0 Å². The lowest BCUT2D eigenvalue weighted by Crippen LogP contribution is -2.61. The highest BCUT2D eigenvalue weighted by molar-refractivity contribution is 7.88. The van der Waals surface area contributed by atoms with Crippen LogP contribution < -0.4 is 4.72 Å². The molecule has 12 atom stereocenters. The van der Waals surface area contributed by atoms with Crippen LogP contribution in [0.3, 0.4) is 0 Å². The summed E-state index contributed by atoms with van der Waals surface area (Å²) in [5.41, 5.74) is 0.401. The van der Waals surface area contributed by atoms with E-state index in [4.69, 9.17) is 9.47 Å². The van der Waals surface area contributed by atoms with Gasteiger partial charge in [-0.3, -0.25) is 0 Å². The Balaban J connectivity index is 1.28. The minimum absolute atomic E-state index is 0.0829. The third kappa shape index (κ3) is 3.36. The van der Waals surface area contributed by atoms with Gasteiger partial charge in [0.2, 0.25) is 10.0 Å². The quantitative estimate of drug-likeness (QED) is 0.563. The van der Waals surface area contributed by atoms with Gasteiger partial charge in [0.15, 0.2) is 5.79 Å². The topological polar surface area (TPSA) is 64.6 Å². The molecule has 6 aliphatic rings. The van der Waals surface area contributed by atoms with Gasteiger partial charge in [-0.25, -0.2) is 13.1 Å². The SMILES string of the molecule is C[C@@H]1CC[C@@]2(OC1)O[C@H]1C[C@H]3[C@@H]4CC[C@@H]5CCCC(NS(C)(=O)=O)[C@]5(C)[C@H]4CC[C@]3(C)[C@H]1[C@@H]2C. The molecule has 6 fully saturated rings. The fourth-order valence-electron chi connectivity index (χ4n) is 10.8.